The molecule has 0 nitrogen and oxygen atoms in total. The number of benzene rings is 3. The molecule has 154 valence electrons. The average Bonchev–Trinajstić information content (AvgIpc) is 3.13. The van der Waals surface area contributed by atoms with Gasteiger partial charge in [-0.05, 0) is 0 Å². The van der Waals surface area contributed by atoms with E-state index in [0.717, 1.165) is 0 Å². The van der Waals surface area contributed by atoms with E-state index in [1.54, 1.807) is 23.8 Å². The van der Waals surface area contributed by atoms with Crippen LogP contribution >= 0.6 is 45.2 Å². The number of fused-ring (bicyclic) bond motifs is 4. The first-order chi connectivity index (χ1) is 13.9. The molecule has 0 unspecified atom stereocenters. The summed E-state index contributed by atoms with van der Waals surface area (Å²) in [5, 5.41) is 8.67. The van der Waals surface area contributed by atoms with Crippen molar-refractivity contribution in [3.8, 4) is 0 Å². The standard InChI is InChI=1S/C24H24I2Se2Si2/c1-29(2,3)23-21(25)17-9-13-7-16-12-20-18(22(26)24(28-20)30(4,5)6)10-14(16)8-15(13)11-19(17)27-23/h7-12H,1-6H3. The number of rotatable bonds is 2. The molecule has 0 saturated heterocycles. The van der Waals surface area contributed by atoms with Gasteiger partial charge in [-0.3, -0.25) is 0 Å². The van der Waals surface area contributed by atoms with Gasteiger partial charge in [0.15, 0.2) is 0 Å². The third kappa shape index (κ3) is 3.71. The molecule has 30 heavy (non-hydrogen) atoms. The van der Waals surface area contributed by atoms with Gasteiger partial charge in [-0.25, -0.2) is 0 Å². The summed E-state index contributed by atoms with van der Waals surface area (Å²) in [6.45, 7) is 15.0. The van der Waals surface area contributed by atoms with Crippen LogP contribution in [-0.2, 0) is 0 Å². The quantitative estimate of drug-likeness (QED) is 0.106. The molecule has 0 spiro atoms. The van der Waals surface area contributed by atoms with Crippen LogP contribution in [0.5, 0.6) is 0 Å². The van der Waals surface area contributed by atoms with Crippen LogP contribution in [0.1, 0.15) is 0 Å². The Kier molecular flexibility index (Phi) is 5.64. The van der Waals surface area contributed by atoms with E-state index in [-0.39, 0.29) is 0 Å². The number of halogens is 2. The molecule has 0 atom stereocenters. The molecule has 0 aliphatic rings. The molecule has 0 aliphatic carbocycles. The van der Waals surface area contributed by atoms with Crippen LogP contribution in [0, 0.1) is 7.14 Å². The van der Waals surface area contributed by atoms with Crippen molar-refractivity contribution < 1.29 is 0 Å². The van der Waals surface area contributed by atoms with E-state index in [2.05, 4.69) is 121 Å². The molecule has 0 saturated carbocycles. The molecule has 0 fully saturated rings. The fourth-order valence-electron chi connectivity index (χ4n) is 4.09. The van der Waals surface area contributed by atoms with E-state index in [1.165, 1.54) is 32.3 Å². The predicted octanol–water partition coefficient (Wildman–Crippen LogP) is 6.71. The normalized spacial score (nSPS) is 13.3. The van der Waals surface area contributed by atoms with Crippen LogP contribution in [0.25, 0.3) is 40.8 Å². The summed E-state index contributed by atoms with van der Waals surface area (Å²) in [4.78, 5) is 0. The number of hydrogen-bond donors (Lipinski definition) is 0. The first-order valence-electron chi connectivity index (χ1n) is 10.2. The molecule has 0 radical (unpaired) electrons. The van der Waals surface area contributed by atoms with Gasteiger partial charge in [0.1, 0.15) is 0 Å². The summed E-state index contributed by atoms with van der Waals surface area (Å²) in [6, 6.07) is 14.9. The van der Waals surface area contributed by atoms with Gasteiger partial charge in [0.2, 0.25) is 0 Å². The van der Waals surface area contributed by atoms with Crippen LogP contribution in [0.15, 0.2) is 36.4 Å². The molecular formula is C24H24I2Se2Si2. The fraction of sp³-hybridized carbons (Fsp3) is 0.250. The molecule has 6 heteroatoms. The van der Waals surface area contributed by atoms with Gasteiger partial charge in [-0.15, -0.1) is 0 Å². The van der Waals surface area contributed by atoms with E-state index in [0.29, 0.717) is 29.0 Å². The average molecular weight is 780 g/mol. The van der Waals surface area contributed by atoms with E-state index in [4.69, 9.17) is 0 Å². The predicted molar refractivity (Wildman–Crippen MR) is 162 cm³/mol. The van der Waals surface area contributed by atoms with Gasteiger partial charge in [0, 0.05) is 0 Å². The van der Waals surface area contributed by atoms with Crippen molar-refractivity contribution in [3.63, 3.8) is 0 Å². The Hall–Kier alpha value is 0.593. The second kappa shape index (κ2) is 7.55. The van der Waals surface area contributed by atoms with Gasteiger partial charge >= 0.3 is 222 Å². The van der Waals surface area contributed by atoms with Gasteiger partial charge in [0.05, 0.1) is 0 Å². The maximum atomic E-state index is 2.63. The molecule has 0 amide bonds. The van der Waals surface area contributed by atoms with Gasteiger partial charge in [-0.2, -0.15) is 0 Å². The SMILES string of the molecule is C[Si](C)(C)c1[se]c2cc3cc4cc5c(I)c([Si](C)(C)C)[se]c5cc4cc3cc2c1I. The van der Waals surface area contributed by atoms with E-state index in [1.807, 2.05) is 0 Å². The van der Waals surface area contributed by atoms with E-state index >= 15 is 0 Å². The Morgan fingerprint density at radius 2 is 0.867 bits per heavy atom. The van der Waals surface area contributed by atoms with Crippen LogP contribution in [-0.4, -0.2) is 45.2 Å². The Morgan fingerprint density at radius 3 is 1.20 bits per heavy atom. The van der Waals surface area contributed by atoms with Crippen molar-refractivity contribution in [2.24, 2.45) is 0 Å². The fourth-order valence-corrected chi connectivity index (χ4v) is 22.7. The topological polar surface area (TPSA) is 0 Å². The summed E-state index contributed by atoms with van der Waals surface area (Å²) in [6.07, 6.45) is 0. The van der Waals surface area contributed by atoms with Gasteiger partial charge in [0.25, 0.3) is 0 Å². The molecular weight excluding hydrogens is 756 g/mol. The summed E-state index contributed by atoms with van der Waals surface area (Å²) in [7, 11) is -2.50. The van der Waals surface area contributed by atoms with Crippen LogP contribution in [0.4, 0.5) is 0 Å². The number of hydrogen-bond acceptors (Lipinski definition) is 0. The zero-order chi connectivity index (χ0) is 21.6. The summed E-state index contributed by atoms with van der Waals surface area (Å²) >= 11 is 6.26. The minimum atomic E-state index is -1.25. The van der Waals surface area contributed by atoms with E-state index < -0.39 is 16.1 Å². The summed E-state index contributed by atoms with van der Waals surface area (Å²) < 4.78 is 9.86. The summed E-state index contributed by atoms with van der Waals surface area (Å²) in [5.74, 6) is 0. The van der Waals surface area contributed by atoms with Crippen molar-refractivity contribution >= 4 is 139 Å². The van der Waals surface area contributed by atoms with Crippen molar-refractivity contribution in [1.29, 1.82) is 0 Å². The molecule has 0 N–H and O–H groups in total. The third-order valence-corrected chi connectivity index (χ3v) is 26.6. The van der Waals surface area contributed by atoms with Crippen molar-refractivity contribution in [2.45, 2.75) is 39.3 Å². The first kappa shape index (κ1) is 22.4. The van der Waals surface area contributed by atoms with Gasteiger partial charge < -0.3 is 0 Å². The van der Waals surface area contributed by atoms with E-state index in [9.17, 15) is 0 Å². The maximum absolute atomic E-state index is 2.63. The first-order valence-corrected chi connectivity index (χ1v) is 22.7. The minimum absolute atomic E-state index is 0.504. The van der Waals surface area contributed by atoms with Crippen molar-refractivity contribution in [2.75, 3.05) is 0 Å². The Balaban J connectivity index is 1.80. The Bertz CT molecular complexity index is 1370. The molecule has 3 aromatic carbocycles. The molecule has 0 bridgehead atoms. The summed E-state index contributed by atoms with van der Waals surface area (Å²) in [5.41, 5.74) is 0. The molecule has 2 aromatic heterocycles. The second-order valence-corrected chi connectivity index (χ2v) is 28.4. The van der Waals surface area contributed by atoms with Crippen LogP contribution < -0.4 is 8.12 Å². The monoisotopic (exact) mass is 782 g/mol. The Labute approximate surface area is 219 Å². The molecule has 0 aliphatic heterocycles. The second-order valence-electron chi connectivity index (χ2n) is 10.2. The Morgan fingerprint density at radius 1 is 0.533 bits per heavy atom. The molecule has 2 heterocycles. The third-order valence-electron chi connectivity index (χ3n) is 5.65. The van der Waals surface area contributed by atoms with Gasteiger partial charge in [-0.1, -0.05) is 0 Å². The molecule has 5 aromatic rings. The zero-order valence-electron chi connectivity index (χ0n) is 18.0. The van der Waals surface area contributed by atoms with Crippen molar-refractivity contribution in [3.05, 3.63) is 43.5 Å². The van der Waals surface area contributed by atoms with Crippen LogP contribution in [0.3, 0.4) is 0 Å². The zero-order valence-corrected chi connectivity index (χ0v) is 27.8. The van der Waals surface area contributed by atoms with Crippen LogP contribution in [0.2, 0.25) is 39.3 Å². The van der Waals surface area contributed by atoms with Crippen molar-refractivity contribution in [1.82, 2.24) is 0 Å². The molecule has 5 rings (SSSR count).